The van der Waals surface area contributed by atoms with Crippen molar-refractivity contribution in [3.63, 3.8) is 0 Å². The number of nitro groups is 1. The summed E-state index contributed by atoms with van der Waals surface area (Å²) in [6.07, 6.45) is 1.56. The minimum absolute atomic E-state index is 0.00927. The number of non-ortho nitro benzene ring substituents is 1. The minimum atomic E-state index is -0.470. The molecule has 142 valence electrons. The molecule has 1 aromatic carbocycles. The molecule has 0 amide bonds. The van der Waals surface area contributed by atoms with E-state index in [0.717, 1.165) is 5.56 Å². The minimum Gasteiger partial charge on any atom is -0.469 e. The van der Waals surface area contributed by atoms with Crippen LogP contribution in [-0.4, -0.2) is 30.0 Å². The molecular formula is C16H13N7O4S. The highest BCUT2D eigenvalue weighted by Gasteiger charge is 2.17. The van der Waals surface area contributed by atoms with E-state index < -0.39 is 4.92 Å². The lowest BCUT2D eigenvalue weighted by Crippen LogP contribution is -2.11. The van der Waals surface area contributed by atoms with Crippen molar-refractivity contribution >= 4 is 17.4 Å². The average molecular weight is 399 g/mol. The van der Waals surface area contributed by atoms with Crippen molar-refractivity contribution in [2.24, 2.45) is 0 Å². The van der Waals surface area contributed by atoms with E-state index >= 15 is 0 Å². The first-order chi connectivity index (χ1) is 13.5. The first kappa shape index (κ1) is 17.7. The summed E-state index contributed by atoms with van der Waals surface area (Å²) in [6.45, 7) is 1.81. The van der Waals surface area contributed by atoms with E-state index in [-0.39, 0.29) is 11.6 Å². The smallest absolute Gasteiger partial charge is 0.269 e. The summed E-state index contributed by atoms with van der Waals surface area (Å²) in [7, 11) is 0. The molecule has 12 heteroatoms. The van der Waals surface area contributed by atoms with Crippen molar-refractivity contribution in [3.05, 3.63) is 58.4 Å². The van der Waals surface area contributed by atoms with Crippen LogP contribution in [0, 0.1) is 17.0 Å². The Morgan fingerprint density at radius 3 is 2.64 bits per heavy atom. The first-order valence-electron chi connectivity index (χ1n) is 7.98. The molecule has 2 N–H and O–H groups in total. The number of nitrogens with two attached hydrogens (primary N) is 1. The second kappa shape index (κ2) is 7.15. The van der Waals surface area contributed by atoms with Gasteiger partial charge in [0.15, 0.2) is 5.82 Å². The number of rotatable bonds is 6. The number of thioether (sulfide) groups is 1. The highest BCUT2D eigenvalue weighted by Crippen LogP contribution is 2.27. The SMILES string of the molecule is Cc1occc1-c1nnc(SCc2nnc(-c3ccc([N+](=O)[O-])cc3)o2)n1N. The zero-order valence-electron chi connectivity index (χ0n) is 14.5. The van der Waals surface area contributed by atoms with Gasteiger partial charge < -0.3 is 14.7 Å². The quantitative estimate of drug-likeness (QED) is 0.222. The van der Waals surface area contributed by atoms with Crippen molar-refractivity contribution in [2.45, 2.75) is 17.8 Å². The van der Waals surface area contributed by atoms with Crippen LogP contribution in [0.2, 0.25) is 0 Å². The van der Waals surface area contributed by atoms with Gasteiger partial charge in [0.1, 0.15) is 5.76 Å². The van der Waals surface area contributed by atoms with E-state index in [4.69, 9.17) is 14.7 Å². The van der Waals surface area contributed by atoms with E-state index in [0.29, 0.717) is 33.9 Å². The van der Waals surface area contributed by atoms with Gasteiger partial charge in [-0.15, -0.1) is 20.4 Å². The van der Waals surface area contributed by atoms with Gasteiger partial charge in [0.25, 0.3) is 5.69 Å². The maximum atomic E-state index is 10.7. The second-order valence-electron chi connectivity index (χ2n) is 5.66. The standard InChI is InChI=1S/C16H13N7O4S/c1-9-12(6-7-26-9)14-19-21-16(22(14)17)28-8-13-18-20-15(27-13)10-2-4-11(5-3-10)23(24)25/h2-7H,8,17H2,1H3. The zero-order valence-corrected chi connectivity index (χ0v) is 15.3. The highest BCUT2D eigenvalue weighted by molar-refractivity contribution is 7.98. The largest absolute Gasteiger partial charge is 0.469 e. The average Bonchev–Trinajstić information content (AvgIpc) is 3.41. The van der Waals surface area contributed by atoms with Crippen LogP contribution in [0.25, 0.3) is 22.8 Å². The maximum absolute atomic E-state index is 10.7. The van der Waals surface area contributed by atoms with Gasteiger partial charge in [-0.2, -0.15) is 0 Å². The fraction of sp³-hybridized carbons (Fsp3) is 0.125. The van der Waals surface area contributed by atoms with Crippen LogP contribution >= 0.6 is 11.8 Å². The van der Waals surface area contributed by atoms with Crippen LogP contribution < -0.4 is 5.84 Å². The zero-order chi connectivity index (χ0) is 19.7. The number of aromatic nitrogens is 5. The van der Waals surface area contributed by atoms with E-state index in [1.54, 1.807) is 24.5 Å². The number of nitrogen functional groups attached to an aromatic ring is 1. The molecule has 0 radical (unpaired) electrons. The van der Waals surface area contributed by atoms with Crippen molar-refractivity contribution in [1.29, 1.82) is 0 Å². The Balaban J connectivity index is 1.46. The molecule has 0 fully saturated rings. The Hall–Kier alpha value is -3.67. The molecule has 0 aliphatic carbocycles. The molecule has 4 rings (SSSR count). The van der Waals surface area contributed by atoms with Crippen molar-refractivity contribution in [3.8, 4) is 22.8 Å². The molecule has 0 aliphatic rings. The molecular weight excluding hydrogens is 386 g/mol. The summed E-state index contributed by atoms with van der Waals surface area (Å²) in [4.78, 5) is 10.2. The van der Waals surface area contributed by atoms with Gasteiger partial charge in [-0.1, -0.05) is 11.8 Å². The lowest BCUT2D eigenvalue weighted by molar-refractivity contribution is -0.384. The van der Waals surface area contributed by atoms with Gasteiger partial charge in [0.05, 0.1) is 22.5 Å². The normalized spacial score (nSPS) is 11.0. The summed E-state index contributed by atoms with van der Waals surface area (Å²) in [5.41, 5.74) is 1.35. The Bertz CT molecular complexity index is 1130. The fourth-order valence-electron chi connectivity index (χ4n) is 2.46. The van der Waals surface area contributed by atoms with E-state index in [9.17, 15) is 10.1 Å². The maximum Gasteiger partial charge on any atom is 0.269 e. The lowest BCUT2D eigenvalue weighted by atomic mass is 10.2. The summed E-state index contributed by atoms with van der Waals surface area (Å²) in [6, 6.07) is 7.64. The fourth-order valence-corrected chi connectivity index (χ4v) is 3.15. The van der Waals surface area contributed by atoms with E-state index in [1.807, 2.05) is 6.92 Å². The van der Waals surface area contributed by atoms with Gasteiger partial charge in [-0.3, -0.25) is 10.1 Å². The summed E-state index contributed by atoms with van der Waals surface area (Å²) >= 11 is 1.29. The van der Waals surface area contributed by atoms with Crippen LogP contribution in [-0.2, 0) is 5.75 Å². The molecule has 0 bridgehead atoms. The molecule has 28 heavy (non-hydrogen) atoms. The summed E-state index contributed by atoms with van der Waals surface area (Å²) in [5.74, 6) is 8.23. The molecule has 0 saturated heterocycles. The summed E-state index contributed by atoms with van der Waals surface area (Å²) in [5, 5.41) is 27.3. The molecule has 0 spiro atoms. The predicted molar refractivity (Wildman–Crippen MR) is 98.6 cm³/mol. The number of nitrogens with zero attached hydrogens (tertiary/aromatic N) is 6. The third-order valence-electron chi connectivity index (χ3n) is 3.88. The Labute approximate surface area is 161 Å². The second-order valence-corrected chi connectivity index (χ2v) is 6.60. The predicted octanol–water partition coefficient (Wildman–Crippen LogP) is 2.81. The Morgan fingerprint density at radius 1 is 1.18 bits per heavy atom. The lowest BCUT2D eigenvalue weighted by Gasteiger charge is -2.01. The Morgan fingerprint density at radius 2 is 1.96 bits per heavy atom. The molecule has 11 nitrogen and oxygen atoms in total. The number of furan rings is 1. The van der Waals surface area contributed by atoms with Crippen LogP contribution in [0.1, 0.15) is 11.7 Å². The topological polar surface area (TPSA) is 152 Å². The van der Waals surface area contributed by atoms with Crippen molar-refractivity contribution in [1.82, 2.24) is 25.1 Å². The summed E-state index contributed by atoms with van der Waals surface area (Å²) < 4.78 is 12.2. The van der Waals surface area contributed by atoms with Crippen molar-refractivity contribution < 1.29 is 13.8 Å². The molecule has 0 saturated carbocycles. The molecule has 3 heterocycles. The van der Waals surface area contributed by atoms with Crippen LogP contribution in [0.4, 0.5) is 5.69 Å². The molecule has 3 aromatic heterocycles. The van der Waals surface area contributed by atoms with Crippen LogP contribution in [0.5, 0.6) is 0 Å². The number of nitro benzene ring substituents is 1. The van der Waals surface area contributed by atoms with E-state index in [1.165, 1.54) is 28.6 Å². The number of hydrogen-bond acceptors (Lipinski definition) is 10. The van der Waals surface area contributed by atoms with Gasteiger partial charge in [0, 0.05) is 17.7 Å². The number of aryl methyl sites for hydroxylation is 1. The van der Waals surface area contributed by atoms with Crippen LogP contribution in [0.3, 0.4) is 0 Å². The molecule has 0 atom stereocenters. The monoisotopic (exact) mass is 399 g/mol. The van der Waals surface area contributed by atoms with E-state index in [2.05, 4.69) is 20.4 Å². The van der Waals surface area contributed by atoms with Crippen LogP contribution in [0.15, 0.2) is 50.6 Å². The van der Waals surface area contributed by atoms with Gasteiger partial charge >= 0.3 is 0 Å². The number of benzene rings is 1. The molecule has 4 aromatic rings. The molecule has 0 unspecified atom stereocenters. The van der Waals surface area contributed by atoms with Gasteiger partial charge in [-0.05, 0) is 25.1 Å². The van der Waals surface area contributed by atoms with Gasteiger partial charge in [-0.25, -0.2) is 4.68 Å². The van der Waals surface area contributed by atoms with Crippen molar-refractivity contribution in [2.75, 3.05) is 5.84 Å². The molecule has 0 aliphatic heterocycles. The highest BCUT2D eigenvalue weighted by atomic mass is 32.2. The first-order valence-corrected chi connectivity index (χ1v) is 8.96. The number of hydrogen-bond donors (Lipinski definition) is 1. The third-order valence-corrected chi connectivity index (χ3v) is 4.81. The Kier molecular flexibility index (Phi) is 4.53. The third kappa shape index (κ3) is 3.32. The van der Waals surface area contributed by atoms with Gasteiger partial charge in [0.2, 0.25) is 16.9 Å².